The summed E-state index contributed by atoms with van der Waals surface area (Å²) in [4.78, 5) is 23.9. The van der Waals surface area contributed by atoms with Crippen molar-refractivity contribution in [2.75, 3.05) is 11.9 Å². The van der Waals surface area contributed by atoms with Gasteiger partial charge in [0.2, 0.25) is 0 Å². The van der Waals surface area contributed by atoms with Crippen LogP contribution < -0.4 is 10.1 Å². The SMILES string of the molecule is Cc1ccc(NC(=O)[C@@H](C)OC(=O)COc2ccc(Cl)cc2C)cc1. The lowest BCUT2D eigenvalue weighted by Crippen LogP contribution is -2.31. The molecule has 0 aromatic heterocycles. The van der Waals surface area contributed by atoms with E-state index in [0.717, 1.165) is 11.1 Å². The van der Waals surface area contributed by atoms with Crippen LogP contribution in [0.1, 0.15) is 18.1 Å². The van der Waals surface area contributed by atoms with E-state index in [9.17, 15) is 9.59 Å². The average Bonchev–Trinajstić information content (AvgIpc) is 2.56. The number of anilines is 1. The molecule has 1 N–H and O–H groups in total. The number of benzene rings is 2. The molecule has 6 heteroatoms. The van der Waals surface area contributed by atoms with Crippen molar-refractivity contribution >= 4 is 29.2 Å². The number of nitrogens with one attached hydrogen (secondary N) is 1. The lowest BCUT2D eigenvalue weighted by Gasteiger charge is -2.14. The maximum Gasteiger partial charge on any atom is 0.344 e. The molecule has 2 rings (SSSR count). The Labute approximate surface area is 151 Å². The molecule has 0 spiro atoms. The molecule has 2 aromatic rings. The first-order chi connectivity index (χ1) is 11.8. The van der Waals surface area contributed by atoms with Crippen LogP contribution in [0.5, 0.6) is 5.75 Å². The summed E-state index contributed by atoms with van der Waals surface area (Å²) in [5.41, 5.74) is 2.55. The van der Waals surface area contributed by atoms with E-state index in [4.69, 9.17) is 21.1 Å². The fourth-order valence-corrected chi connectivity index (χ4v) is 2.30. The highest BCUT2D eigenvalue weighted by Gasteiger charge is 2.18. The Morgan fingerprint density at radius 1 is 1.12 bits per heavy atom. The van der Waals surface area contributed by atoms with Gasteiger partial charge in [0.15, 0.2) is 12.7 Å². The number of carbonyl (C=O) groups excluding carboxylic acids is 2. The largest absolute Gasteiger partial charge is 0.482 e. The quantitative estimate of drug-likeness (QED) is 0.792. The van der Waals surface area contributed by atoms with Crippen molar-refractivity contribution in [2.45, 2.75) is 26.9 Å². The van der Waals surface area contributed by atoms with Crippen LogP contribution in [-0.2, 0) is 14.3 Å². The van der Waals surface area contributed by atoms with Crippen LogP contribution in [-0.4, -0.2) is 24.6 Å². The minimum atomic E-state index is -0.927. The van der Waals surface area contributed by atoms with Gasteiger partial charge in [-0.05, 0) is 56.7 Å². The van der Waals surface area contributed by atoms with Crippen LogP contribution in [0.4, 0.5) is 5.69 Å². The minimum Gasteiger partial charge on any atom is -0.482 e. The van der Waals surface area contributed by atoms with Crippen LogP contribution in [0, 0.1) is 13.8 Å². The third kappa shape index (κ3) is 5.80. The van der Waals surface area contributed by atoms with Gasteiger partial charge in [-0.2, -0.15) is 0 Å². The second-order valence-electron chi connectivity index (χ2n) is 5.69. The van der Waals surface area contributed by atoms with Crippen LogP contribution in [0.2, 0.25) is 5.02 Å². The van der Waals surface area contributed by atoms with Gasteiger partial charge in [-0.25, -0.2) is 4.79 Å². The molecule has 0 heterocycles. The monoisotopic (exact) mass is 361 g/mol. The van der Waals surface area contributed by atoms with Crippen LogP contribution >= 0.6 is 11.6 Å². The van der Waals surface area contributed by atoms with Crippen LogP contribution in [0.15, 0.2) is 42.5 Å². The smallest absolute Gasteiger partial charge is 0.344 e. The van der Waals surface area contributed by atoms with Gasteiger partial charge in [-0.15, -0.1) is 0 Å². The molecule has 0 radical (unpaired) electrons. The molecule has 0 saturated heterocycles. The van der Waals surface area contributed by atoms with Gasteiger partial charge in [-0.3, -0.25) is 4.79 Å². The minimum absolute atomic E-state index is 0.287. The zero-order chi connectivity index (χ0) is 18.4. The lowest BCUT2D eigenvalue weighted by atomic mass is 10.2. The van der Waals surface area contributed by atoms with E-state index >= 15 is 0 Å². The predicted molar refractivity (Wildman–Crippen MR) is 97.0 cm³/mol. The second-order valence-corrected chi connectivity index (χ2v) is 6.12. The number of amides is 1. The molecule has 132 valence electrons. The number of aryl methyl sites for hydroxylation is 2. The molecule has 1 amide bonds. The van der Waals surface area contributed by atoms with Gasteiger partial charge in [0.25, 0.3) is 5.91 Å². The standard InChI is InChI=1S/C19H20ClNO4/c1-12-4-7-16(8-5-12)21-19(23)14(3)25-18(22)11-24-17-9-6-15(20)10-13(17)2/h4-10,14H,11H2,1-3H3,(H,21,23)/t14-/m1/s1. The zero-order valence-corrected chi connectivity index (χ0v) is 15.1. The van der Waals surface area contributed by atoms with Crippen molar-refractivity contribution in [3.05, 3.63) is 58.6 Å². The maximum absolute atomic E-state index is 12.1. The number of carbonyl (C=O) groups is 2. The van der Waals surface area contributed by atoms with Gasteiger partial charge in [0.05, 0.1) is 0 Å². The highest BCUT2D eigenvalue weighted by atomic mass is 35.5. The van der Waals surface area contributed by atoms with Gasteiger partial charge >= 0.3 is 5.97 Å². The van der Waals surface area contributed by atoms with Crippen molar-refractivity contribution in [1.29, 1.82) is 0 Å². The summed E-state index contributed by atoms with van der Waals surface area (Å²) in [7, 11) is 0. The van der Waals surface area contributed by atoms with Crippen molar-refractivity contribution in [1.82, 2.24) is 0 Å². The highest BCUT2D eigenvalue weighted by Crippen LogP contribution is 2.21. The topological polar surface area (TPSA) is 64.6 Å². The molecule has 2 aromatic carbocycles. The lowest BCUT2D eigenvalue weighted by molar-refractivity contribution is -0.155. The molecular formula is C19H20ClNO4. The van der Waals surface area contributed by atoms with E-state index in [1.54, 1.807) is 30.3 Å². The molecular weight excluding hydrogens is 342 g/mol. The van der Waals surface area contributed by atoms with E-state index in [-0.39, 0.29) is 6.61 Å². The number of esters is 1. The van der Waals surface area contributed by atoms with Crippen molar-refractivity contribution in [3.63, 3.8) is 0 Å². The Balaban J connectivity index is 1.82. The Morgan fingerprint density at radius 2 is 1.80 bits per heavy atom. The van der Waals surface area contributed by atoms with Gasteiger partial charge < -0.3 is 14.8 Å². The first-order valence-electron chi connectivity index (χ1n) is 7.81. The van der Waals surface area contributed by atoms with Crippen molar-refractivity contribution in [2.24, 2.45) is 0 Å². The predicted octanol–water partition coefficient (Wildman–Crippen LogP) is 3.91. The summed E-state index contributed by atoms with van der Waals surface area (Å²) in [6.45, 7) is 5.00. The first kappa shape index (κ1) is 18.8. The van der Waals surface area contributed by atoms with Crippen LogP contribution in [0.25, 0.3) is 0 Å². The number of ether oxygens (including phenoxy) is 2. The molecule has 0 aliphatic heterocycles. The van der Waals surface area contributed by atoms with E-state index in [2.05, 4.69) is 5.32 Å². The summed E-state index contributed by atoms with van der Waals surface area (Å²) in [6, 6.07) is 12.4. The zero-order valence-electron chi connectivity index (χ0n) is 14.3. The second kappa shape index (κ2) is 8.53. The molecule has 25 heavy (non-hydrogen) atoms. The highest BCUT2D eigenvalue weighted by molar-refractivity contribution is 6.30. The summed E-state index contributed by atoms with van der Waals surface area (Å²) >= 11 is 5.87. The number of hydrogen-bond acceptors (Lipinski definition) is 4. The van der Waals surface area contributed by atoms with E-state index < -0.39 is 18.0 Å². The van der Waals surface area contributed by atoms with Gasteiger partial charge in [0, 0.05) is 10.7 Å². The fraction of sp³-hybridized carbons (Fsp3) is 0.263. The summed E-state index contributed by atoms with van der Waals surface area (Å²) < 4.78 is 10.5. The summed E-state index contributed by atoms with van der Waals surface area (Å²) in [5, 5.41) is 3.28. The first-order valence-corrected chi connectivity index (χ1v) is 8.19. The van der Waals surface area contributed by atoms with Crippen molar-refractivity contribution in [3.8, 4) is 5.75 Å². The fourth-order valence-electron chi connectivity index (χ4n) is 2.08. The molecule has 0 unspecified atom stereocenters. The van der Waals surface area contributed by atoms with Crippen molar-refractivity contribution < 1.29 is 19.1 Å². The average molecular weight is 362 g/mol. The number of halogens is 1. The Bertz CT molecular complexity index is 759. The molecule has 0 aliphatic rings. The molecule has 0 saturated carbocycles. The summed E-state index contributed by atoms with van der Waals surface area (Å²) in [6.07, 6.45) is -0.927. The Kier molecular flexibility index (Phi) is 6.42. The van der Waals surface area contributed by atoms with E-state index in [0.29, 0.717) is 16.5 Å². The molecule has 0 aliphatic carbocycles. The summed E-state index contributed by atoms with van der Waals surface area (Å²) in [5.74, 6) is -0.487. The number of rotatable bonds is 6. The third-order valence-corrected chi connectivity index (χ3v) is 3.71. The molecule has 5 nitrogen and oxygen atoms in total. The molecule has 1 atom stereocenters. The van der Waals surface area contributed by atoms with Gasteiger partial charge in [-0.1, -0.05) is 29.3 Å². The van der Waals surface area contributed by atoms with E-state index in [1.807, 2.05) is 26.0 Å². The third-order valence-electron chi connectivity index (χ3n) is 3.48. The maximum atomic E-state index is 12.1. The Hall–Kier alpha value is -2.53. The Morgan fingerprint density at radius 3 is 2.44 bits per heavy atom. The van der Waals surface area contributed by atoms with Crippen LogP contribution in [0.3, 0.4) is 0 Å². The van der Waals surface area contributed by atoms with Gasteiger partial charge in [0.1, 0.15) is 5.75 Å². The molecule has 0 bridgehead atoms. The number of hydrogen-bond donors (Lipinski definition) is 1. The van der Waals surface area contributed by atoms with E-state index in [1.165, 1.54) is 6.92 Å². The normalized spacial score (nSPS) is 11.5. The molecule has 0 fully saturated rings.